The summed E-state index contributed by atoms with van der Waals surface area (Å²) in [4.78, 5) is 4.35. The number of para-hydroxylation sites is 2. The Morgan fingerprint density at radius 3 is 2.58 bits per heavy atom. The number of aryl methyl sites for hydroxylation is 1. The minimum atomic E-state index is -0.428. The summed E-state index contributed by atoms with van der Waals surface area (Å²) in [6.07, 6.45) is 2.09. The van der Waals surface area contributed by atoms with E-state index in [0.717, 1.165) is 23.1 Å². The Hall–Kier alpha value is -2.13. The zero-order chi connectivity index (χ0) is 13.1. The zero-order valence-corrected chi connectivity index (χ0v) is 10.6. The number of imidazole rings is 1. The fourth-order valence-corrected chi connectivity index (χ4v) is 2.29. The molecule has 3 rings (SSSR count). The van der Waals surface area contributed by atoms with Gasteiger partial charge in [-0.05, 0) is 24.1 Å². The van der Waals surface area contributed by atoms with Crippen LogP contribution in [0.5, 0.6) is 0 Å². The maximum absolute atomic E-state index is 10.2. The van der Waals surface area contributed by atoms with Crippen LogP contribution in [0.4, 0.5) is 0 Å². The van der Waals surface area contributed by atoms with Gasteiger partial charge >= 0.3 is 0 Å². The smallest absolute Gasteiger partial charge is 0.0958 e. The summed E-state index contributed by atoms with van der Waals surface area (Å²) in [5.41, 5.74) is 3.08. The van der Waals surface area contributed by atoms with Gasteiger partial charge in [0.05, 0.1) is 23.5 Å². The number of benzene rings is 2. The van der Waals surface area contributed by atoms with E-state index in [1.807, 2.05) is 54.9 Å². The van der Waals surface area contributed by atoms with Crippen LogP contribution in [-0.4, -0.2) is 14.7 Å². The second kappa shape index (κ2) is 5.24. The lowest BCUT2D eigenvalue weighted by molar-refractivity contribution is 0.161. The Labute approximate surface area is 112 Å². The van der Waals surface area contributed by atoms with Crippen molar-refractivity contribution in [2.24, 2.45) is 0 Å². The molecule has 0 saturated heterocycles. The van der Waals surface area contributed by atoms with Crippen molar-refractivity contribution < 1.29 is 5.11 Å². The maximum Gasteiger partial charge on any atom is 0.0958 e. The number of hydrogen-bond donors (Lipinski definition) is 1. The van der Waals surface area contributed by atoms with E-state index in [4.69, 9.17) is 0 Å². The van der Waals surface area contributed by atoms with Crippen LogP contribution in [0.15, 0.2) is 60.9 Å². The molecule has 3 heteroatoms. The minimum Gasteiger partial charge on any atom is -0.388 e. The molecule has 96 valence electrons. The van der Waals surface area contributed by atoms with Crippen LogP contribution >= 0.6 is 0 Å². The van der Waals surface area contributed by atoms with Gasteiger partial charge in [0.2, 0.25) is 0 Å². The summed E-state index contributed by atoms with van der Waals surface area (Å²) in [6, 6.07) is 17.8. The molecule has 1 aromatic heterocycles. The molecular weight excluding hydrogens is 236 g/mol. The third-order valence-corrected chi connectivity index (χ3v) is 3.36. The molecule has 0 aliphatic rings. The molecule has 0 amide bonds. The van der Waals surface area contributed by atoms with Crippen LogP contribution in [0.1, 0.15) is 18.1 Å². The predicted octanol–water partition coefficient (Wildman–Crippen LogP) is 3.16. The number of rotatable bonds is 4. The van der Waals surface area contributed by atoms with E-state index < -0.39 is 6.10 Å². The van der Waals surface area contributed by atoms with E-state index in [0.29, 0.717) is 6.42 Å². The van der Waals surface area contributed by atoms with Crippen molar-refractivity contribution in [3.63, 3.8) is 0 Å². The fraction of sp³-hybridized carbons (Fsp3) is 0.188. The van der Waals surface area contributed by atoms with Crippen LogP contribution in [-0.2, 0) is 6.54 Å². The highest BCUT2D eigenvalue weighted by Gasteiger charge is 2.08. The van der Waals surface area contributed by atoms with Gasteiger partial charge in [-0.1, -0.05) is 42.5 Å². The Balaban J connectivity index is 1.73. The van der Waals surface area contributed by atoms with E-state index in [2.05, 4.69) is 15.6 Å². The van der Waals surface area contributed by atoms with Crippen LogP contribution in [0.25, 0.3) is 11.0 Å². The summed E-state index contributed by atoms with van der Waals surface area (Å²) < 4.78 is 2.08. The molecule has 0 radical (unpaired) electrons. The van der Waals surface area contributed by atoms with E-state index in [1.54, 1.807) is 0 Å². The molecule has 0 spiro atoms. The minimum absolute atomic E-state index is 0.428. The summed E-state index contributed by atoms with van der Waals surface area (Å²) in [7, 11) is 0. The number of aliphatic hydroxyl groups is 1. The molecule has 0 bridgehead atoms. The molecule has 1 heterocycles. The highest BCUT2D eigenvalue weighted by atomic mass is 16.3. The van der Waals surface area contributed by atoms with Crippen molar-refractivity contribution in [2.75, 3.05) is 0 Å². The molecule has 1 unspecified atom stereocenters. The Morgan fingerprint density at radius 1 is 1.00 bits per heavy atom. The second-order valence-corrected chi connectivity index (χ2v) is 4.64. The van der Waals surface area contributed by atoms with Crippen molar-refractivity contribution in [1.82, 2.24) is 9.55 Å². The highest BCUT2D eigenvalue weighted by molar-refractivity contribution is 5.74. The Morgan fingerprint density at radius 2 is 1.74 bits per heavy atom. The van der Waals surface area contributed by atoms with Crippen molar-refractivity contribution >= 4 is 11.0 Å². The van der Waals surface area contributed by atoms with Gasteiger partial charge in [-0.15, -0.1) is 0 Å². The van der Waals surface area contributed by atoms with E-state index in [1.165, 1.54) is 0 Å². The first-order valence-electron chi connectivity index (χ1n) is 6.47. The number of aromatic nitrogens is 2. The molecule has 1 N–H and O–H groups in total. The first-order valence-corrected chi connectivity index (χ1v) is 6.47. The lowest BCUT2D eigenvalue weighted by atomic mass is 10.1. The first kappa shape index (κ1) is 11.9. The monoisotopic (exact) mass is 252 g/mol. The van der Waals surface area contributed by atoms with Gasteiger partial charge in [0.25, 0.3) is 0 Å². The van der Waals surface area contributed by atoms with Crippen molar-refractivity contribution in [3.8, 4) is 0 Å². The van der Waals surface area contributed by atoms with Crippen molar-refractivity contribution in [1.29, 1.82) is 0 Å². The van der Waals surface area contributed by atoms with Crippen LogP contribution in [0.3, 0.4) is 0 Å². The molecule has 0 fully saturated rings. The normalized spacial score (nSPS) is 12.7. The quantitative estimate of drug-likeness (QED) is 0.774. The molecule has 19 heavy (non-hydrogen) atoms. The second-order valence-electron chi connectivity index (χ2n) is 4.64. The Bertz CT molecular complexity index is 661. The van der Waals surface area contributed by atoms with Gasteiger partial charge in [-0.3, -0.25) is 0 Å². The molecule has 3 aromatic rings. The number of fused-ring (bicyclic) bond motifs is 1. The SMILES string of the molecule is OC(CCn1cnc2ccccc21)c1ccccc1. The molecule has 0 aliphatic heterocycles. The van der Waals surface area contributed by atoms with Gasteiger partial charge in [-0.2, -0.15) is 0 Å². The molecule has 0 saturated carbocycles. The summed E-state index contributed by atoms with van der Waals surface area (Å²) in [5.74, 6) is 0. The van der Waals surface area contributed by atoms with Crippen LogP contribution in [0.2, 0.25) is 0 Å². The average molecular weight is 252 g/mol. The molecular formula is C16H16N2O. The maximum atomic E-state index is 10.2. The van der Waals surface area contributed by atoms with E-state index >= 15 is 0 Å². The predicted molar refractivity (Wildman–Crippen MR) is 75.8 cm³/mol. The largest absolute Gasteiger partial charge is 0.388 e. The number of nitrogens with zero attached hydrogens (tertiary/aromatic N) is 2. The van der Waals surface area contributed by atoms with Crippen LogP contribution < -0.4 is 0 Å². The molecule has 1 atom stereocenters. The van der Waals surface area contributed by atoms with Gasteiger partial charge in [0.1, 0.15) is 0 Å². The van der Waals surface area contributed by atoms with Gasteiger partial charge in [0, 0.05) is 6.54 Å². The standard InChI is InChI=1S/C16H16N2O/c19-16(13-6-2-1-3-7-13)10-11-18-12-17-14-8-4-5-9-15(14)18/h1-9,12,16,19H,10-11H2. The topological polar surface area (TPSA) is 38.0 Å². The zero-order valence-electron chi connectivity index (χ0n) is 10.6. The summed E-state index contributed by atoms with van der Waals surface area (Å²) >= 11 is 0. The first-order chi connectivity index (χ1) is 9.34. The van der Waals surface area contributed by atoms with Crippen LogP contribution in [0, 0.1) is 0 Å². The van der Waals surface area contributed by atoms with Gasteiger partial charge < -0.3 is 9.67 Å². The highest BCUT2D eigenvalue weighted by Crippen LogP contribution is 2.19. The van der Waals surface area contributed by atoms with E-state index in [9.17, 15) is 5.11 Å². The van der Waals surface area contributed by atoms with Crippen molar-refractivity contribution in [2.45, 2.75) is 19.1 Å². The lowest BCUT2D eigenvalue weighted by Gasteiger charge is -2.11. The average Bonchev–Trinajstić information content (AvgIpc) is 2.89. The molecule has 0 aliphatic carbocycles. The molecule has 3 nitrogen and oxygen atoms in total. The summed E-state index contributed by atoms with van der Waals surface area (Å²) in [6.45, 7) is 0.760. The third kappa shape index (κ3) is 2.51. The number of aliphatic hydroxyl groups excluding tert-OH is 1. The lowest BCUT2D eigenvalue weighted by Crippen LogP contribution is -2.03. The fourth-order valence-electron chi connectivity index (χ4n) is 2.29. The Kier molecular flexibility index (Phi) is 3.29. The molecule has 2 aromatic carbocycles. The summed E-state index contributed by atoms with van der Waals surface area (Å²) in [5, 5.41) is 10.2. The van der Waals surface area contributed by atoms with E-state index in [-0.39, 0.29) is 0 Å². The third-order valence-electron chi connectivity index (χ3n) is 3.36. The van der Waals surface area contributed by atoms with Gasteiger partial charge in [0.15, 0.2) is 0 Å². The van der Waals surface area contributed by atoms with Gasteiger partial charge in [-0.25, -0.2) is 4.98 Å². The van der Waals surface area contributed by atoms with Crippen molar-refractivity contribution in [3.05, 3.63) is 66.5 Å². The number of hydrogen-bond acceptors (Lipinski definition) is 2.